The molecule has 1 aliphatic heterocycles. The molecule has 1 aliphatic rings. The molecule has 1 unspecified atom stereocenters. The molecule has 0 fully saturated rings. The maximum atomic E-state index is 12.0. The maximum Gasteiger partial charge on any atom is 0.246 e. The number of anilines is 1. The number of rotatable bonds is 7. The lowest BCUT2D eigenvalue weighted by Gasteiger charge is -2.33. The Kier molecular flexibility index (Phi) is 6.48. The molecule has 0 aliphatic carbocycles. The van der Waals surface area contributed by atoms with Crippen LogP contribution in [0.5, 0.6) is 0 Å². The molecule has 5 heteroatoms. The number of hydrogen-bond acceptors (Lipinski definition) is 3. The third-order valence-electron chi connectivity index (χ3n) is 5.33. The highest BCUT2D eigenvalue weighted by atomic mass is 16.5. The minimum absolute atomic E-state index is 0.0655. The molecule has 3 rings (SSSR count). The van der Waals surface area contributed by atoms with Gasteiger partial charge in [-0.3, -0.25) is 4.79 Å². The Labute approximate surface area is 161 Å². The molecule has 2 aromatic carbocycles. The highest BCUT2D eigenvalue weighted by molar-refractivity contribution is 5.77. The summed E-state index contributed by atoms with van der Waals surface area (Å²) in [5, 5.41) is 3.05. The lowest BCUT2D eigenvalue weighted by molar-refractivity contribution is -0.945. The second kappa shape index (κ2) is 9.02. The molecule has 144 valence electrons. The predicted molar refractivity (Wildman–Crippen MR) is 108 cm³/mol. The Morgan fingerprint density at radius 2 is 1.85 bits per heavy atom. The van der Waals surface area contributed by atoms with E-state index >= 15 is 0 Å². The summed E-state index contributed by atoms with van der Waals surface area (Å²) >= 11 is 0. The monoisotopic (exact) mass is 368 g/mol. The van der Waals surface area contributed by atoms with Crippen LogP contribution in [0, 0.1) is 0 Å². The van der Waals surface area contributed by atoms with Crippen molar-refractivity contribution in [3.8, 4) is 0 Å². The van der Waals surface area contributed by atoms with E-state index in [2.05, 4.69) is 58.7 Å². The number of fused-ring (bicyclic) bond motifs is 1. The second-order valence-electron chi connectivity index (χ2n) is 7.38. The highest BCUT2D eigenvalue weighted by Crippen LogP contribution is 2.18. The Hall–Kier alpha value is -2.37. The van der Waals surface area contributed by atoms with Crippen LogP contribution in [0.4, 0.5) is 5.69 Å². The maximum absolute atomic E-state index is 12.0. The number of quaternary nitrogens is 1. The summed E-state index contributed by atoms with van der Waals surface area (Å²) in [4.78, 5) is 15.5. The van der Waals surface area contributed by atoms with Gasteiger partial charge < -0.3 is 19.9 Å². The molecule has 0 saturated carbocycles. The van der Waals surface area contributed by atoms with E-state index in [1.54, 1.807) is 7.11 Å². The summed E-state index contributed by atoms with van der Waals surface area (Å²) in [6, 6.07) is 17.6. The second-order valence-corrected chi connectivity index (χ2v) is 7.38. The summed E-state index contributed by atoms with van der Waals surface area (Å²) in [5.41, 5.74) is 5.30. The summed E-state index contributed by atoms with van der Waals surface area (Å²) in [6.45, 7) is 2.76. The van der Waals surface area contributed by atoms with E-state index in [1.807, 2.05) is 14.1 Å². The summed E-state index contributed by atoms with van der Waals surface area (Å²) in [6.07, 6.45) is 1.07. The van der Waals surface area contributed by atoms with Crippen molar-refractivity contribution in [2.24, 2.45) is 0 Å². The molecule has 27 heavy (non-hydrogen) atoms. The molecule has 0 saturated heterocycles. The number of carbonyl (C=O) groups is 1. The van der Waals surface area contributed by atoms with Gasteiger partial charge in [-0.25, -0.2) is 0 Å². The van der Waals surface area contributed by atoms with Crippen LogP contribution in [-0.2, 0) is 22.5 Å². The van der Waals surface area contributed by atoms with Crippen LogP contribution in [0.3, 0.4) is 0 Å². The summed E-state index contributed by atoms with van der Waals surface area (Å²) in [5.74, 6) is -0.0655. The number of amides is 1. The van der Waals surface area contributed by atoms with Crippen molar-refractivity contribution in [3.05, 3.63) is 65.2 Å². The van der Waals surface area contributed by atoms with Gasteiger partial charge in [0.25, 0.3) is 0 Å². The van der Waals surface area contributed by atoms with E-state index < -0.39 is 0 Å². The average molecular weight is 369 g/mol. The molecule has 0 bridgehead atoms. The van der Waals surface area contributed by atoms with Crippen LogP contribution < -0.4 is 15.1 Å². The van der Waals surface area contributed by atoms with Gasteiger partial charge in [0.2, 0.25) is 5.91 Å². The van der Waals surface area contributed by atoms with Gasteiger partial charge in [-0.05, 0) is 17.7 Å². The van der Waals surface area contributed by atoms with E-state index in [0.717, 1.165) is 19.5 Å². The van der Waals surface area contributed by atoms with Gasteiger partial charge in [0.1, 0.15) is 19.2 Å². The van der Waals surface area contributed by atoms with Crippen LogP contribution >= 0.6 is 0 Å². The zero-order valence-electron chi connectivity index (χ0n) is 16.5. The van der Waals surface area contributed by atoms with E-state index in [1.165, 1.54) is 27.3 Å². The van der Waals surface area contributed by atoms with Crippen LogP contribution in [0.1, 0.15) is 22.7 Å². The topological polar surface area (TPSA) is 46.0 Å². The lowest BCUT2D eigenvalue weighted by Crippen LogP contribution is -3.12. The normalized spacial score (nSPS) is 17.1. The fraction of sp³-hybridized carbons (Fsp3) is 0.409. The highest BCUT2D eigenvalue weighted by Gasteiger charge is 2.28. The van der Waals surface area contributed by atoms with Crippen LogP contribution in [0.15, 0.2) is 48.5 Å². The molecule has 2 aromatic rings. The minimum atomic E-state index is -0.0655. The van der Waals surface area contributed by atoms with Crippen molar-refractivity contribution in [3.63, 3.8) is 0 Å². The third-order valence-corrected chi connectivity index (χ3v) is 5.33. The first kappa shape index (κ1) is 19.4. The Balaban J connectivity index is 1.80. The average Bonchev–Trinajstić information content (AvgIpc) is 2.68. The zero-order chi connectivity index (χ0) is 19.2. The molecule has 1 amide bonds. The van der Waals surface area contributed by atoms with Gasteiger partial charge in [-0.15, -0.1) is 0 Å². The molecule has 0 spiro atoms. The largest absolute Gasteiger partial charge is 0.378 e. The molecular formula is C22H30N3O2+. The first-order valence-electron chi connectivity index (χ1n) is 9.52. The quantitative estimate of drug-likeness (QED) is 0.772. The van der Waals surface area contributed by atoms with Gasteiger partial charge in [0.15, 0.2) is 0 Å². The summed E-state index contributed by atoms with van der Waals surface area (Å²) in [7, 11) is 5.64. The fourth-order valence-corrected chi connectivity index (χ4v) is 3.80. The van der Waals surface area contributed by atoms with Crippen molar-refractivity contribution in [1.82, 2.24) is 5.32 Å². The summed E-state index contributed by atoms with van der Waals surface area (Å²) < 4.78 is 4.95. The first-order valence-corrected chi connectivity index (χ1v) is 9.52. The van der Waals surface area contributed by atoms with Gasteiger partial charge >= 0.3 is 0 Å². The number of hydrogen-bond donors (Lipinski definition) is 2. The molecule has 0 aromatic heterocycles. The van der Waals surface area contributed by atoms with Gasteiger partial charge in [-0.1, -0.05) is 36.4 Å². The number of carbonyl (C=O) groups excluding carboxylic acids is 1. The minimum Gasteiger partial charge on any atom is -0.378 e. The van der Waals surface area contributed by atoms with E-state index in [4.69, 9.17) is 4.74 Å². The van der Waals surface area contributed by atoms with Crippen molar-refractivity contribution in [2.75, 3.05) is 45.8 Å². The first-order chi connectivity index (χ1) is 13.1. The molecule has 0 radical (unpaired) electrons. The molecule has 1 heterocycles. The number of methoxy groups -OCH3 is 1. The van der Waals surface area contributed by atoms with Gasteiger partial charge in [-0.2, -0.15) is 0 Å². The van der Waals surface area contributed by atoms with Gasteiger partial charge in [0, 0.05) is 44.4 Å². The van der Waals surface area contributed by atoms with Crippen molar-refractivity contribution in [2.45, 2.75) is 19.0 Å². The van der Waals surface area contributed by atoms with Crippen LogP contribution in [-0.4, -0.2) is 46.8 Å². The van der Waals surface area contributed by atoms with E-state index in [9.17, 15) is 4.79 Å². The third kappa shape index (κ3) is 4.87. The molecular weight excluding hydrogens is 338 g/mol. The Bertz CT molecular complexity index is 758. The lowest BCUT2D eigenvalue weighted by atomic mass is 9.96. The number of nitrogens with one attached hydrogen (secondary N) is 2. The van der Waals surface area contributed by atoms with E-state index in [-0.39, 0.29) is 18.6 Å². The van der Waals surface area contributed by atoms with Crippen LogP contribution in [0.2, 0.25) is 0 Å². The SMILES string of the molecule is COCC(=O)NC[C@@H](c1ccc(N(C)C)cc1)[NH+]1CCc2ccccc2C1. The van der Waals surface area contributed by atoms with Gasteiger partial charge in [0.05, 0.1) is 13.1 Å². The number of benzene rings is 2. The van der Waals surface area contributed by atoms with Crippen LogP contribution in [0.25, 0.3) is 0 Å². The van der Waals surface area contributed by atoms with Crippen molar-refractivity contribution >= 4 is 11.6 Å². The molecule has 5 nitrogen and oxygen atoms in total. The zero-order valence-corrected chi connectivity index (χ0v) is 16.5. The fourth-order valence-electron chi connectivity index (χ4n) is 3.80. The van der Waals surface area contributed by atoms with Crippen molar-refractivity contribution < 1.29 is 14.4 Å². The van der Waals surface area contributed by atoms with Crippen molar-refractivity contribution in [1.29, 1.82) is 0 Å². The number of nitrogens with zero attached hydrogens (tertiary/aromatic N) is 1. The number of ether oxygens (including phenoxy) is 1. The predicted octanol–water partition coefficient (Wildman–Crippen LogP) is 1.20. The smallest absolute Gasteiger partial charge is 0.246 e. The molecule has 2 N–H and O–H groups in total. The standard InChI is InChI=1S/C22H29N3O2/c1-24(2)20-10-8-18(9-11-20)21(14-23-22(26)16-27-3)25-13-12-17-6-4-5-7-19(17)15-25/h4-11,21H,12-16H2,1-3H3,(H,23,26)/p+1/t21-/m0/s1. The Morgan fingerprint density at radius 1 is 1.15 bits per heavy atom. The Morgan fingerprint density at radius 3 is 2.52 bits per heavy atom. The van der Waals surface area contributed by atoms with E-state index in [0.29, 0.717) is 6.54 Å². The molecule has 2 atom stereocenters.